The first-order chi connectivity index (χ1) is 10.0. The van der Waals surface area contributed by atoms with E-state index in [-0.39, 0.29) is 0 Å². The highest BCUT2D eigenvalue weighted by Crippen LogP contribution is 2.28. The summed E-state index contributed by atoms with van der Waals surface area (Å²) in [5, 5.41) is 3.47. The van der Waals surface area contributed by atoms with Crippen LogP contribution in [0, 0.1) is 5.41 Å². The molecular formula is C17H27N3O. The number of ether oxygens (including phenoxy) is 1. The quantitative estimate of drug-likeness (QED) is 0.684. The van der Waals surface area contributed by atoms with Gasteiger partial charge in [0.2, 0.25) is 0 Å². The van der Waals surface area contributed by atoms with Crippen LogP contribution in [-0.2, 0) is 17.9 Å². The summed E-state index contributed by atoms with van der Waals surface area (Å²) >= 11 is 0. The molecule has 0 radical (unpaired) electrons. The summed E-state index contributed by atoms with van der Waals surface area (Å²) < 4.78 is 5.18. The van der Waals surface area contributed by atoms with Crippen LogP contribution < -0.4 is 5.32 Å². The Hall–Kier alpha value is -1.55. The Kier molecular flexibility index (Phi) is 5.23. The molecule has 4 nitrogen and oxygen atoms in total. The molecule has 0 atom stereocenters. The number of benzene rings is 1. The molecule has 0 saturated carbocycles. The van der Waals surface area contributed by atoms with E-state index in [0.29, 0.717) is 12.0 Å². The maximum atomic E-state index is 5.18. The Bertz CT molecular complexity index is 497. The van der Waals surface area contributed by atoms with Gasteiger partial charge in [0.25, 0.3) is 0 Å². The van der Waals surface area contributed by atoms with E-state index in [9.17, 15) is 0 Å². The van der Waals surface area contributed by atoms with Crippen molar-refractivity contribution in [1.82, 2.24) is 10.2 Å². The van der Waals surface area contributed by atoms with Gasteiger partial charge >= 0.3 is 0 Å². The predicted molar refractivity (Wildman–Crippen MR) is 87.3 cm³/mol. The molecule has 1 fully saturated rings. The Morgan fingerprint density at radius 2 is 2.14 bits per heavy atom. The average molecular weight is 289 g/mol. The SMILES string of the molecule is CN=C(NCc1cccc(COC)c1)N1CCC(C)(C)C1. The molecule has 0 aliphatic carbocycles. The molecular weight excluding hydrogens is 262 g/mol. The van der Waals surface area contributed by atoms with Crippen molar-refractivity contribution in [2.75, 3.05) is 27.2 Å². The number of nitrogens with zero attached hydrogens (tertiary/aromatic N) is 2. The van der Waals surface area contributed by atoms with Gasteiger partial charge in [-0.25, -0.2) is 0 Å². The van der Waals surface area contributed by atoms with Crippen LogP contribution in [0.4, 0.5) is 0 Å². The van der Waals surface area contributed by atoms with Crippen LogP contribution >= 0.6 is 0 Å². The molecule has 0 bridgehead atoms. The van der Waals surface area contributed by atoms with Crippen LogP contribution in [-0.4, -0.2) is 38.1 Å². The standard InChI is InChI=1S/C17H27N3O/c1-17(2)8-9-20(13-17)16(18-3)19-11-14-6-5-7-15(10-14)12-21-4/h5-7,10H,8-9,11-13H2,1-4H3,(H,18,19). The van der Waals surface area contributed by atoms with Gasteiger partial charge in [0.1, 0.15) is 0 Å². The van der Waals surface area contributed by atoms with Crippen molar-refractivity contribution in [1.29, 1.82) is 0 Å². The molecule has 1 saturated heterocycles. The van der Waals surface area contributed by atoms with Crippen LogP contribution in [0.2, 0.25) is 0 Å². The van der Waals surface area contributed by atoms with Gasteiger partial charge in [0.05, 0.1) is 6.61 Å². The molecule has 4 heteroatoms. The molecule has 0 amide bonds. The molecule has 2 rings (SSSR count). The largest absolute Gasteiger partial charge is 0.380 e. The third-order valence-corrected chi connectivity index (χ3v) is 3.94. The number of nitrogens with one attached hydrogen (secondary N) is 1. The summed E-state index contributed by atoms with van der Waals surface area (Å²) in [5.74, 6) is 0.998. The highest BCUT2D eigenvalue weighted by Gasteiger charge is 2.30. The lowest BCUT2D eigenvalue weighted by Gasteiger charge is -2.23. The first kappa shape index (κ1) is 15.8. The van der Waals surface area contributed by atoms with Crippen LogP contribution in [0.5, 0.6) is 0 Å². The lowest BCUT2D eigenvalue weighted by molar-refractivity contribution is 0.185. The first-order valence-corrected chi connectivity index (χ1v) is 7.56. The van der Waals surface area contributed by atoms with Crippen molar-refractivity contribution < 1.29 is 4.74 Å². The number of methoxy groups -OCH3 is 1. The minimum absolute atomic E-state index is 0.385. The third kappa shape index (κ3) is 4.46. The maximum Gasteiger partial charge on any atom is 0.193 e. The number of likely N-dealkylation sites (tertiary alicyclic amines) is 1. The lowest BCUT2D eigenvalue weighted by atomic mass is 9.93. The zero-order valence-corrected chi connectivity index (χ0v) is 13.6. The molecule has 1 aromatic rings. The van der Waals surface area contributed by atoms with Gasteiger partial charge in [-0.3, -0.25) is 4.99 Å². The minimum atomic E-state index is 0.385. The molecule has 21 heavy (non-hydrogen) atoms. The van der Waals surface area contributed by atoms with Gasteiger partial charge < -0.3 is 15.0 Å². The molecule has 1 aromatic carbocycles. The van der Waals surface area contributed by atoms with E-state index in [4.69, 9.17) is 4.74 Å². The molecule has 0 spiro atoms. The molecule has 0 unspecified atom stereocenters. The van der Waals surface area contributed by atoms with Gasteiger partial charge in [-0.05, 0) is 23.0 Å². The molecule has 0 aromatic heterocycles. The summed E-state index contributed by atoms with van der Waals surface area (Å²) in [6.45, 7) is 8.22. The van der Waals surface area contributed by atoms with Crippen LogP contribution in [0.25, 0.3) is 0 Å². The van der Waals surface area contributed by atoms with Gasteiger partial charge in [0.15, 0.2) is 5.96 Å². The zero-order valence-electron chi connectivity index (χ0n) is 13.6. The molecule has 1 heterocycles. The fraction of sp³-hybridized carbons (Fsp3) is 0.588. The van der Waals surface area contributed by atoms with E-state index in [1.165, 1.54) is 17.5 Å². The smallest absolute Gasteiger partial charge is 0.193 e. The van der Waals surface area contributed by atoms with Crippen LogP contribution in [0.15, 0.2) is 29.3 Å². The van der Waals surface area contributed by atoms with Crippen LogP contribution in [0.1, 0.15) is 31.4 Å². The van der Waals surface area contributed by atoms with E-state index in [0.717, 1.165) is 25.6 Å². The number of rotatable bonds is 4. The Balaban J connectivity index is 1.93. The van der Waals surface area contributed by atoms with Crippen LogP contribution in [0.3, 0.4) is 0 Å². The number of guanidine groups is 1. The van der Waals surface area contributed by atoms with Crippen molar-refractivity contribution in [3.05, 3.63) is 35.4 Å². The average Bonchev–Trinajstić information content (AvgIpc) is 2.81. The van der Waals surface area contributed by atoms with Crippen molar-refractivity contribution in [3.8, 4) is 0 Å². The lowest BCUT2D eigenvalue weighted by Crippen LogP contribution is -2.40. The maximum absolute atomic E-state index is 5.18. The topological polar surface area (TPSA) is 36.9 Å². The Labute approximate surface area is 128 Å². The second-order valence-corrected chi connectivity index (χ2v) is 6.49. The fourth-order valence-electron chi connectivity index (χ4n) is 2.80. The van der Waals surface area contributed by atoms with E-state index < -0.39 is 0 Å². The normalized spacial score (nSPS) is 18.1. The monoisotopic (exact) mass is 289 g/mol. The van der Waals surface area contributed by atoms with Gasteiger partial charge in [-0.1, -0.05) is 38.1 Å². The van der Waals surface area contributed by atoms with Crippen molar-refractivity contribution >= 4 is 5.96 Å². The van der Waals surface area contributed by atoms with E-state index in [1.54, 1.807) is 7.11 Å². The summed E-state index contributed by atoms with van der Waals surface area (Å²) in [5.41, 5.74) is 2.84. The van der Waals surface area contributed by atoms with Crippen molar-refractivity contribution in [2.45, 2.75) is 33.4 Å². The summed E-state index contributed by atoms with van der Waals surface area (Å²) in [6, 6.07) is 8.48. The molecule has 1 N–H and O–H groups in total. The second kappa shape index (κ2) is 6.94. The number of hydrogen-bond acceptors (Lipinski definition) is 2. The fourth-order valence-corrected chi connectivity index (χ4v) is 2.80. The minimum Gasteiger partial charge on any atom is -0.380 e. The summed E-state index contributed by atoms with van der Waals surface area (Å²) in [4.78, 5) is 6.76. The number of hydrogen-bond donors (Lipinski definition) is 1. The first-order valence-electron chi connectivity index (χ1n) is 7.56. The van der Waals surface area contributed by atoms with Gasteiger partial charge in [-0.2, -0.15) is 0 Å². The Morgan fingerprint density at radius 1 is 1.38 bits per heavy atom. The highest BCUT2D eigenvalue weighted by molar-refractivity contribution is 5.80. The molecule has 1 aliphatic heterocycles. The van der Waals surface area contributed by atoms with E-state index in [1.807, 2.05) is 7.05 Å². The van der Waals surface area contributed by atoms with Crippen molar-refractivity contribution in [2.24, 2.45) is 10.4 Å². The van der Waals surface area contributed by atoms with Crippen molar-refractivity contribution in [3.63, 3.8) is 0 Å². The second-order valence-electron chi connectivity index (χ2n) is 6.49. The van der Waals surface area contributed by atoms with Gasteiger partial charge in [0, 0.05) is 33.8 Å². The summed E-state index contributed by atoms with van der Waals surface area (Å²) in [7, 11) is 3.58. The molecule has 116 valence electrons. The number of aliphatic imine (C=N–C) groups is 1. The van der Waals surface area contributed by atoms with Gasteiger partial charge in [-0.15, -0.1) is 0 Å². The third-order valence-electron chi connectivity index (χ3n) is 3.94. The zero-order chi connectivity index (χ0) is 15.3. The Morgan fingerprint density at radius 3 is 2.76 bits per heavy atom. The van der Waals surface area contributed by atoms with E-state index in [2.05, 4.69) is 53.3 Å². The highest BCUT2D eigenvalue weighted by atomic mass is 16.5. The molecule has 1 aliphatic rings. The van der Waals surface area contributed by atoms with E-state index >= 15 is 0 Å². The summed E-state index contributed by atoms with van der Waals surface area (Å²) in [6.07, 6.45) is 1.22. The predicted octanol–water partition coefficient (Wildman–Crippen LogP) is 2.64.